The van der Waals surface area contributed by atoms with Gasteiger partial charge in [-0.25, -0.2) is 4.99 Å². The first kappa shape index (κ1) is 22.4. The number of rotatable bonds is 7. The standard InChI is InChI=1S/C19H30N6.HI/c1-6-20-19(21-11-16-9-7-15(2)8-10-16)22-13-18(24(3)4)17-12-23-25(5)14-17;/h7-10,12,14,18H,6,11,13H2,1-5H3,(H2,20,21,22);1H. The maximum atomic E-state index is 4.70. The summed E-state index contributed by atoms with van der Waals surface area (Å²) in [5.74, 6) is 0.832. The Labute approximate surface area is 174 Å². The van der Waals surface area contributed by atoms with Crippen LogP contribution in [0.2, 0.25) is 0 Å². The van der Waals surface area contributed by atoms with Gasteiger partial charge in [-0.3, -0.25) is 4.68 Å². The molecule has 1 aromatic carbocycles. The van der Waals surface area contributed by atoms with Crippen molar-refractivity contribution < 1.29 is 0 Å². The van der Waals surface area contributed by atoms with Crippen LogP contribution in [0.4, 0.5) is 0 Å². The minimum atomic E-state index is 0. The summed E-state index contributed by atoms with van der Waals surface area (Å²) in [7, 11) is 6.10. The molecule has 0 aliphatic carbocycles. The van der Waals surface area contributed by atoms with Crippen molar-refractivity contribution in [2.24, 2.45) is 12.0 Å². The van der Waals surface area contributed by atoms with E-state index in [0.29, 0.717) is 6.54 Å². The predicted octanol–water partition coefficient (Wildman–Crippen LogP) is 2.70. The molecule has 0 saturated heterocycles. The second-order valence-corrected chi connectivity index (χ2v) is 6.49. The van der Waals surface area contributed by atoms with Crippen LogP contribution in [-0.4, -0.2) is 47.8 Å². The molecule has 0 spiro atoms. The van der Waals surface area contributed by atoms with E-state index >= 15 is 0 Å². The summed E-state index contributed by atoms with van der Waals surface area (Å²) in [6.07, 6.45) is 3.98. The van der Waals surface area contributed by atoms with Crippen molar-refractivity contribution in [2.75, 3.05) is 27.2 Å². The van der Waals surface area contributed by atoms with Crippen LogP contribution in [0.5, 0.6) is 0 Å². The number of guanidine groups is 1. The van der Waals surface area contributed by atoms with E-state index in [1.165, 1.54) is 16.7 Å². The summed E-state index contributed by atoms with van der Waals surface area (Å²) in [4.78, 5) is 6.89. The monoisotopic (exact) mass is 470 g/mol. The number of hydrogen-bond donors (Lipinski definition) is 2. The Hall–Kier alpha value is -1.61. The van der Waals surface area contributed by atoms with Gasteiger partial charge < -0.3 is 15.5 Å². The van der Waals surface area contributed by atoms with E-state index in [1.54, 1.807) is 0 Å². The van der Waals surface area contributed by atoms with Crippen LogP contribution in [0.25, 0.3) is 0 Å². The van der Waals surface area contributed by atoms with Gasteiger partial charge in [-0.2, -0.15) is 5.10 Å². The summed E-state index contributed by atoms with van der Waals surface area (Å²) in [6, 6.07) is 8.73. The summed E-state index contributed by atoms with van der Waals surface area (Å²) in [6.45, 7) is 6.43. The minimum absolute atomic E-state index is 0. The molecule has 2 N–H and O–H groups in total. The molecule has 0 aliphatic rings. The van der Waals surface area contributed by atoms with Gasteiger partial charge >= 0.3 is 0 Å². The molecule has 2 rings (SSSR count). The van der Waals surface area contributed by atoms with Crippen molar-refractivity contribution >= 4 is 29.9 Å². The Morgan fingerprint density at radius 2 is 1.92 bits per heavy atom. The number of aromatic nitrogens is 2. The molecular formula is C19H31IN6. The van der Waals surface area contributed by atoms with Crippen molar-refractivity contribution in [1.29, 1.82) is 0 Å². The normalized spacial score (nSPS) is 12.6. The van der Waals surface area contributed by atoms with Crippen LogP contribution in [0, 0.1) is 6.92 Å². The fourth-order valence-electron chi connectivity index (χ4n) is 2.61. The van der Waals surface area contributed by atoms with Gasteiger partial charge in [0, 0.05) is 31.9 Å². The van der Waals surface area contributed by atoms with Crippen molar-refractivity contribution in [2.45, 2.75) is 26.4 Å². The SMILES string of the molecule is CCNC(=NCc1ccc(C)cc1)NCC(c1cnn(C)c1)N(C)C.I. The molecule has 0 radical (unpaired) electrons. The van der Waals surface area contributed by atoms with Crippen LogP contribution < -0.4 is 10.6 Å². The summed E-state index contributed by atoms with van der Waals surface area (Å²) in [5, 5.41) is 11.0. The lowest BCUT2D eigenvalue weighted by Crippen LogP contribution is -2.41. The van der Waals surface area contributed by atoms with Crippen molar-refractivity contribution in [3.05, 3.63) is 53.3 Å². The zero-order valence-electron chi connectivity index (χ0n) is 16.4. The molecule has 0 aliphatic heterocycles. The smallest absolute Gasteiger partial charge is 0.191 e. The number of aliphatic imine (C=N–C) groups is 1. The average molecular weight is 470 g/mol. The minimum Gasteiger partial charge on any atom is -0.357 e. The lowest BCUT2D eigenvalue weighted by molar-refractivity contribution is 0.298. The third-order valence-electron chi connectivity index (χ3n) is 4.08. The molecule has 1 unspecified atom stereocenters. The molecule has 144 valence electrons. The second kappa shape index (κ2) is 11.2. The van der Waals surface area contributed by atoms with Gasteiger partial charge in [0.2, 0.25) is 0 Å². The van der Waals surface area contributed by atoms with E-state index in [9.17, 15) is 0 Å². The van der Waals surface area contributed by atoms with Gasteiger partial charge in [0.25, 0.3) is 0 Å². The average Bonchev–Trinajstić information content (AvgIpc) is 3.00. The number of aryl methyl sites for hydroxylation is 2. The number of nitrogens with one attached hydrogen (secondary N) is 2. The van der Waals surface area contributed by atoms with Gasteiger partial charge in [-0.15, -0.1) is 24.0 Å². The zero-order valence-corrected chi connectivity index (χ0v) is 18.7. The van der Waals surface area contributed by atoms with E-state index in [1.807, 2.05) is 17.9 Å². The van der Waals surface area contributed by atoms with Gasteiger partial charge in [-0.1, -0.05) is 29.8 Å². The molecule has 0 fully saturated rings. The highest BCUT2D eigenvalue weighted by atomic mass is 127. The molecule has 0 bridgehead atoms. The molecule has 2 aromatic rings. The predicted molar refractivity (Wildman–Crippen MR) is 119 cm³/mol. The fourth-order valence-corrected chi connectivity index (χ4v) is 2.61. The molecule has 7 heteroatoms. The van der Waals surface area contributed by atoms with E-state index < -0.39 is 0 Å². The van der Waals surface area contributed by atoms with Crippen LogP contribution in [0.1, 0.15) is 29.7 Å². The van der Waals surface area contributed by atoms with Crippen LogP contribution in [0.15, 0.2) is 41.7 Å². The van der Waals surface area contributed by atoms with E-state index in [2.05, 4.69) is 79.0 Å². The third-order valence-corrected chi connectivity index (χ3v) is 4.08. The summed E-state index contributed by atoms with van der Waals surface area (Å²) < 4.78 is 1.84. The molecular weight excluding hydrogens is 439 g/mol. The Morgan fingerprint density at radius 1 is 1.23 bits per heavy atom. The van der Waals surface area contributed by atoms with Gasteiger partial charge in [0.15, 0.2) is 5.96 Å². The number of benzene rings is 1. The topological polar surface area (TPSA) is 57.5 Å². The quantitative estimate of drug-likeness (QED) is 0.371. The largest absolute Gasteiger partial charge is 0.357 e. The van der Waals surface area contributed by atoms with Crippen molar-refractivity contribution in [1.82, 2.24) is 25.3 Å². The van der Waals surface area contributed by atoms with Crippen LogP contribution in [-0.2, 0) is 13.6 Å². The van der Waals surface area contributed by atoms with E-state index in [0.717, 1.165) is 19.0 Å². The van der Waals surface area contributed by atoms with Crippen LogP contribution in [0.3, 0.4) is 0 Å². The summed E-state index contributed by atoms with van der Waals surface area (Å²) >= 11 is 0. The number of halogens is 1. The fraction of sp³-hybridized carbons (Fsp3) is 0.474. The first-order chi connectivity index (χ1) is 12.0. The maximum Gasteiger partial charge on any atom is 0.191 e. The van der Waals surface area contributed by atoms with Gasteiger partial charge in [0.05, 0.1) is 18.8 Å². The molecule has 1 atom stereocenters. The highest BCUT2D eigenvalue weighted by molar-refractivity contribution is 14.0. The van der Waals surface area contributed by atoms with Crippen molar-refractivity contribution in [3.8, 4) is 0 Å². The molecule has 0 amide bonds. The lowest BCUT2D eigenvalue weighted by atomic mass is 10.1. The maximum absolute atomic E-state index is 4.70. The zero-order chi connectivity index (χ0) is 18.2. The number of likely N-dealkylation sites (N-methyl/N-ethyl adjacent to an activating group) is 1. The Morgan fingerprint density at radius 3 is 2.46 bits per heavy atom. The van der Waals surface area contributed by atoms with Gasteiger partial charge in [0.1, 0.15) is 0 Å². The Balaban J connectivity index is 0.00000338. The van der Waals surface area contributed by atoms with Crippen molar-refractivity contribution in [3.63, 3.8) is 0 Å². The number of hydrogen-bond acceptors (Lipinski definition) is 3. The Kier molecular flexibility index (Phi) is 9.64. The van der Waals surface area contributed by atoms with Gasteiger partial charge in [-0.05, 0) is 33.5 Å². The molecule has 0 saturated carbocycles. The highest BCUT2D eigenvalue weighted by Gasteiger charge is 2.16. The molecule has 26 heavy (non-hydrogen) atoms. The van der Waals surface area contributed by atoms with Crippen LogP contribution >= 0.6 is 24.0 Å². The first-order valence-corrected chi connectivity index (χ1v) is 8.72. The van der Waals surface area contributed by atoms with E-state index in [4.69, 9.17) is 4.99 Å². The Bertz CT molecular complexity index is 678. The first-order valence-electron chi connectivity index (χ1n) is 8.72. The molecule has 1 aromatic heterocycles. The third kappa shape index (κ3) is 6.95. The second-order valence-electron chi connectivity index (χ2n) is 6.49. The lowest BCUT2D eigenvalue weighted by Gasteiger charge is -2.24. The van der Waals surface area contributed by atoms with E-state index in [-0.39, 0.29) is 30.0 Å². The molecule has 6 nitrogen and oxygen atoms in total. The molecule has 1 heterocycles. The summed E-state index contributed by atoms with van der Waals surface area (Å²) in [5.41, 5.74) is 3.66. The highest BCUT2D eigenvalue weighted by Crippen LogP contribution is 2.16. The number of nitrogens with zero attached hydrogens (tertiary/aromatic N) is 4.